The molecule has 1 N–H and O–H groups in total. The monoisotopic (exact) mass is 471 g/mol. The van der Waals surface area contributed by atoms with E-state index in [1.54, 1.807) is 10.8 Å². The number of H-pyrrole nitrogens is 1. The molecule has 0 unspecified atom stereocenters. The number of nitrogens with one attached hydrogen (secondary N) is 1. The van der Waals surface area contributed by atoms with Crippen LogP contribution in [0.5, 0.6) is 0 Å². The minimum atomic E-state index is -0.446. The molecule has 3 aromatic heterocycles. The number of fused-ring (bicyclic) bond motifs is 1. The largest absolute Gasteiger partial charge is 0.330 e. The molecule has 5 rings (SSSR count). The minimum Gasteiger partial charge on any atom is -0.317 e. The zero-order chi connectivity index (χ0) is 24.5. The second-order valence-electron chi connectivity index (χ2n) is 10.3. The van der Waals surface area contributed by atoms with Crippen LogP contribution >= 0.6 is 0 Å². The lowest BCUT2D eigenvalue weighted by Crippen LogP contribution is -2.31. The predicted molar refractivity (Wildman–Crippen MR) is 139 cm³/mol. The summed E-state index contributed by atoms with van der Waals surface area (Å²) >= 11 is 0. The van der Waals surface area contributed by atoms with Crippen molar-refractivity contribution in [3.63, 3.8) is 0 Å². The van der Waals surface area contributed by atoms with Crippen LogP contribution in [0, 0.1) is 11.8 Å². The van der Waals surface area contributed by atoms with E-state index in [9.17, 15) is 9.59 Å². The number of hydrogen-bond donors (Lipinski definition) is 1. The van der Waals surface area contributed by atoms with Crippen molar-refractivity contribution < 1.29 is 0 Å². The standard InChI is InChI=1S/C28H33N5O2/c1-18(2)22-13-14-29-23(15-22)25-30-26-24(32(25)16-21-11-9-19(3)10-12-21)27(34)31-28(35)33(26)17-20-7-5-4-6-8-20/h4-8,13-15,18-19,21H,9-12,16-17H2,1-3H3,(H,31,34,35). The summed E-state index contributed by atoms with van der Waals surface area (Å²) < 4.78 is 3.59. The van der Waals surface area contributed by atoms with E-state index in [0.717, 1.165) is 35.6 Å². The van der Waals surface area contributed by atoms with Gasteiger partial charge >= 0.3 is 5.69 Å². The lowest BCUT2D eigenvalue weighted by molar-refractivity contribution is 0.267. The molecule has 0 aliphatic heterocycles. The highest BCUT2D eigenvalue weighted by atomic mass is 16.2. The van der Waals surface area contributed by atoms with Crippen molar-refractivity contribution in [3.05, 3.63) is 80.6 Å². The predicted octanol–water partition coefficient (Wildman–Crippen LogP) is 4.95. The third-order valence-electron chi connectivity index (χ3n) is 7.33. The Hall–Kier alpha value is -3.48. The summed E-state index contributed by atoms with van der Waals surface area (Å²) in [5, 5.41) is 0. The number of hydrogen-bond acceptors (Lipinski definition) is 4. The number of nitrogens with zero attached hydrogens (tertiary/aromatic N) is 4. The van der Waals surface area contributed by atoms with Crippen LogP contribution in [-0.2, 0) is 13.1 Å². The van der Waals surface area contributed by atoms with Gasteiger partial charge in [0.25, 0.3) is 5.56 Å². The average molecular weight is 472 g/mol. The molecule has 1 aromatic carbocycles. The SMILES string of the molecule is CC1CCC(Cn2c(-c3cc(C(C)C)ccn3)nc3c2c(=O)[nH]c(=O)n3Cc2ccccc2)CC1. The molecular weight excluding hydrogens is 438 g/mol. The van der Waals surface area contributed by atoms with E-state index in [1.165, 1.54) is 12.8 Å². The summed E-state index contributed by atoms with van der Waals surface area (Å²) in [5.74, 6) is 2.20. The third-order valence-corrected chi connectivity index (χ3v) is 7.33. The fraction of sp³-hybridized carbons (Fsp3) is 0.429. The Bertz CT molecular complexity index is 1440. The maximum absolute atomic E-state index is 13.2. The minimum absolute atomic E-state index is 0.337. The van der Waals surface area contributed by atoms with Crippen LogP contribution in [0.3, 0.4) is 0 Å². The van der Waals surface area contributed by atoms with Crippen LogP contribution in [0.2, 0.25) is 0 Å². The molecule has 7 heteroatoms. The first kappa shape index (κ1) is 23.3. The van der Waals surface area contributed by atoms with Crippen molar-refractivity contribution >= 4 is 11.2 Å². The van der Waals surface area contributed by atoms with E-state index >= 15 is 0 Å². The Balaban J connectivity index is 1.70. The zero-order valence-electron chi connectivity index (χ0n) is 20.7. The fourth-order valence-corrected chi connectivity index (χ4v) is 5.16. The Morgan fingerprint density at radius 2 is 1.77 bits per heavy atom. The molecule has 182 valence electrons. The van der Waals surface area contributed by atoms with E-state index in [2.05, 4.69) is 36.8 Å². The third kappa shape index (κ3) is 4.72. The number of rotatable bonds is 6. The Kier molecular flexibility index (Phi) is 6.41. The Morgan fingerprint density at radius 3 is 2.49 bits per heavy atom. The van der Waals surface area contributed by atoms with E-state index in [4.69, 9.17) is 4.98 Å². The van der Waals surface area contributed by atoms with Gasteiger partial charge in [-0.2, -0.15) is 0 Å². The smallest absolute Gasteiger partial charge is 0.317 e. The maximum Gasteiger partial charge on any atom is 0.330 e. The highest BCUT2D eigenvalue weighted by Crippen LogP contribution is 2.32. The van der Waals surface area contributed by atoms with Crippen molar-refractivity contribution in [2.45, 2.75) is 65.5 Å². The summed E-state index contributed by atoms with van der Waals surface area (Å²) in [4.78, 5) is 38.2. The second kappa shape index (κ2) is 9.64. The van der Waals surface area contributed by atoms with Crippen LogP contribution in [0.15, 0.2) is 58.3 Å². The van der Waals surface area contributed by atoms with Crippen molar-refractivity contribution in [2.24, 2.45) is 11.8 Å². The van der Waals surface area contributed by atoms with E-state index in [1.807, 2.05) is 41.0 Å². The lowest BCUT2D eigenvalue weighted by atomic mass is 9.83. The van der Waals surface area contributed by atoms with Crippen molar-refractivity contribution in [1.82, 2.24) is 24.1 Å². The molecule has 0 amide bonds. The molecule has 1 saturated carbocycles. The van der Waals surface area contributed by atoms with E-state index < -0.39 is 11.2 Å². The molecule has 1 aliphatic carbocycles. The number of aromatic amines is 1. The van der Waals surface area contributed by atoms with Gasteiger partial charge in [-0.05, 0) is 53.9 Å². The number of imidazole rings is 1. The molecule has 3 heterocycles. The Labute approximate surface area is 204 Å². The molecule has 0 saturated heterocycles. The summed E-state index contributed by atoms with van der Waals surface area (Å²) in [6.07, 6.45) is 6.45. The van der Waals surface area contributed by atoms with Crippen LogP contribution in [0.1, 0.15) is 63.5 Å². The molecule has 0 spiro atoms. The van der Waals surface area contributed by atoms with Gasteiger partial charge in [0.1, 0.15) is 5.69 Å². The molecular formula is C28H33N5O2. The summed E-state index contributed by atoms with van der Waals surface area (Å²) in [6.45, 7) is 7.63. The summed E-state index contributed by atoms with van der Waals surface area (Å²) in [7, 11) is 0. The zero-order valence-corrected chi connectivity index (χ0v) is 20.7. The van der Waals surface area contributed by atoms with Crippen molar-refractivity contribution in [1.29, 1.82) is 0 Å². The maximum atomic E-state index is 13.2. The van der Waals surface area contributed by atoms with Crippen LogP contribution in [-0.4, -0.2) is 24.1 Å². The number of benzene rings is 1. The normalized spacial score (nSPS) is 18.4. The molecule has 0 radical (unpaired) electrons. The summed E-state index contributed by atoms with van der Waals surface area (Å²) in [6, 6.07) is 13.8. The van der Waals surface area contributed by atoms with Gasteiger partial charge in [0, 0.05) is 12.7 Å². The molecule has 1 fully saturated rings. The first-order valence-electron chi connectivity index (χ1n) is 12.6. The van der Waals surface area contributed by atoms with E-state index in [0.29, 0.717) is 41.9 Å². The highest BCUT2D eigenvalue weighted by molar-refractivity contribution is 5.76. The average Bonchev–Trinajstić information content (AvgIpc) is 3.23. The van der Waals surface area contributed by atoms with Crippen molar-refractivity contribution in [3.8, 4) is 11.5 Å². The van der Waals surface area contributed by atoms with Crippen molar-refractivity contribution in [2.75, 3.05) is 0 Å². The van der Waals surface area contributed by atoms with Gasteiger partial charge in [0.15, 0.2) is 17.0 Å². The first-order valence-corrected chi connectivity index (χ1v) is 12.6. The first-order chi connectivity index (χ1) is 16.9. The fourth-order valence-electron chi connectivity index (χ4n) is 5.16. The van der Waals surface area contributed by atoms with Gasteiger partial charge < -0.3 is 4.57 Å². The van der Waals surface area contributed by atoms with Gasteiger partial charge in [-0.25, -0.2) is 9.78 Å². The van der Waals surface area contributed by atoms with Crippen LogP contribution in [0.25, 0.3) is 22.7 Å². The summed E-state index contributed by atoms with van der Waals surface area (Å²) in [5.41, 5.74) is 2.89. The lowest BCUT2D eigenvalue weighted by Gasteiger charge is -2.27. The molecule has 0 atom stereocenters. The topological polar surface area (TPSA) is 85.6 Å². The van der Waals surface area contributed by atoms with E-state index in [-0.39, 0.29) is 0 Å². The highest BCUT2D eigenvalue weighted by Gasteiger charge is 2.25. The van der Waals surface area contributed by atoms with Gasteiger partial charge in [-0.1, -0.05) is 63.9 Å². The van der Waals surface area contributed by atoms with Crippen LogP contribution < -0.4 is 11.2 Å². The molecule has 7 nitrogen and oxygen atoms in total. The number of pyridine rings is 1. The van der Waals surface area contributed by atoms with Crippen LogP contribution in [0.4, 0.5) is 0 Å². The quantitative estimate of drug-likeness (QED) is 0.431. The van der Waals surface area contributed by atoms with Gasteiger partial charge in [0.2, 0.25) is 0 Å². The molecule has 0 bridgehead atoms. The molecule has 4 aromatic rings. The number of aromatic nitrogens is 5. The Morgan fingerprint density at radius 1 is 1.03 bits per heavy atom. The molecule has 1 aliphatic rings. The van der Waals surface area contributed by atoms with Gasteiger partial charge in [0.05, 0.1) is 6.54 Å². The van der Waals surface area contributed by atoms with Gasteiger partial charge in [-0.3, -0.25) is 19.3 Å². The van der Waals surface area contributed by atoms with Gasteiger partial charge in [-0.15, -0.1) is 0 Å². The second-order valence-corrected chi connectivity index (χ2v) is 10.3. The molecule has 35 heavy (non-hydrogen) atoms.